The van der Waals surface area contributed by atoms with E-state index in [0.29, 0.717) is 43.9 Å². The zero-order chi connectivity index (χ0) is 22.8. The molecule has 2 aliphatic heterocycles. The van der Waals surface area contributed by atoms with Crippen molar-refractivity contribution in [1.29, 1.82) is 0 Å². The van der Waals surface area contributed by atoms with E-state index >= 15 is 0 Å². The van der Waals surface area contributed by atoms with Crippen LogP contribution >= 0.6 is 0 Å². The molecule has 0 bridgehead atoms. The summed E-state index contributed by atoms with van der Waals surface area (Å²) in [7, 11) is 0. The number of imide groups is 1. The topological polar surface area (TPSA) is 79.0 Å². The second kappa shape index (κ2) is 13.3. The third-order valence-electron chi connectivity index (χ3n) is 7.39. The number of likely N-dealkylation sites (tertiary alicyclic amines) is 2. The van der Waals surface area contributed by atoms with Gasteiger partial charge in [0.05, 0.1) is 13.3 Å². The van der Waals surface area contributed by atoms with Gasteiger partial charge in [-0.05, 0) is 76.2 Å². The van der Waals surface area contributed by atoms with Crippen LogP contribution in [0.25, 0.3) is 0 Å². The number of rotatable bonds is 12. The highest BCUT2D eigenvalue weighted by Crippen LogP contribution is 2.31. The van der Waals surface area contributed by atoms with E-state index in [1.807, 2.05) is 11.8 Å². The molecule has 2 heterocycles. The Morgan fingerprint density at radius 2 is 1.72 bits per heavy atom. The zero-order valence-corrected chi connectivity index (χ0v) is 20.0. The van der Waals surface area contributed by atoms with E-state index in [9.17, 15) is 14.4 Å². The first kappa shape index (κ1) is 25.2. The molecule has 2 saturated heterocycles. The van der Waals surface area contributed by atoms with Crippen LogP contribution in [0.3, 0.4) is 0 Å². The van der Waals surface area contributed by atoms with Crippen molar-refractivity contribution >= 4 is 17.7 Å². The van der Waals surface area contributed by atoms with Crippen LogP contribution in [0.5, 0.6) is 0 Å². The van der Waals surface area contributed by atoms with Crippen LogP contribution in [-0.2, 0) is 19.1 Å². The van der Waals surface area contributed by atoms with Gasteiger partial charge in [-0.2, -0.15) is 0 Å². The molecule has 0 aromatic carbocycles. The van der Waals surface area contributed by atoms with Gasteiger partial charge in [-0.25, -0.2) is 0 Å². The van der Waals surface area contributed by atoms with E-state index in [1.165, 1.54) is 11.3 Å². The minimum atomic E-state index is -0.137. The molecule has 0 radical (unpaired) electrons. The molecule has 1 unspecified atom stereocenters. The number of hydrogen-bond donors (Lipinski definition) is 1. The molecule has 0 aromatic rings. The van der Waals surface area contributed by atoms with Gasteiger partial charge in [0.25, 0.3) is 0 Å². The zero-order valence-electron chi connectivity index (χ0n) is 20.0. The fourth-order valence-electron chi connectivity index (χ4n) is 5.25. The SMILES string of the molecule is CC1CC(=O)N(CC2CCC(COCNCCCCCC(=O)N3CCCCC3)CC2)C1=O. The number of nitrogens with one attached hydrogen (secondary N) is 1. The summed E-state index contributed by atoms with van der Waals surface area (Å²) in [5, 5.41) is 3.35. The van der Waals surface area contributed by atoms with Crippen molar-refractivity contribution in [1.82, 2.24) is 15.1 Å². The maximum atomic E-state index is 12.1. The average Bonchev–Trinajstić information content (AvgIpc) is 3.05. The van der Waals surface area contributed by atoms with Crippen LogP contribution in [0.1, 0.15) is 84.0 Å². The lowest BCUT2D eigenvalue weighted by Gasteiger charge is -2.30. The van der Waals surface area contributed by atoms with E-state index in [-0.39, 0.29) is 17.7 Å². The van der Waals surface area contributed by atoms with Crippen LogP contribution in [0.2, 0.25) is 0 Å². The molecule has 3 amide bonds. The Kier molecular flexibility index (Phi) is 10.4. The molecule has 1 saturated carbocycles. The lowest BCUT2D eigenvalue weighted by molar-refractivity contribution is -0.140. The quantitative estimate of drug-likeness (QED) is 0.281. The van der Waals surface area contributed by atoms with Gasteiger partial charge in [0, 0.05) is 38.4 Å². The van der Waals surface area contributed by atoms with Gasteiger partial charge < -0.3 is 9.64 Å². The van der Waals surface area contributed by atoms with Crippen molar-refractivity contribution in [3.8, 4) is 0 Å². The second-order valence-electron chi connectivity index (χ2n) is 10.1. The van der Waals surface area contributed by atoms with Gasteiger partial charge in [0.15, 0.2) is 0 Å². The number of hydrogen-bond acceptors (Lipinski definition) is 5. The molecular formula is C25H43N3O4. The van der Waals surface area contributed by atoms with E-state index in [2.05, 4.69) is 5.32 Å². The van der Waals surface area contributed by atoms with Gasteiger partial charge >= 0.3 is 0 Å². The highest BCUT2D eigenvalue weighted by Gasteiger charge is 2.37. The number of nitrogens with zero attached hydrogens (tertiary/aromatic N) is 2. The summed E-state index contributed by atoms with van der Waals surface area (Å²) >= 11 is 0. The number of carbonyl (C=O) groups excluding carboxylic acids is 3. The summed E-state index contributed by atoms with van der Waals surface area (Å²) in [5.74, 6) is 1.25. The lowest BCUT2D eigenvalue weighted by Crippen LogP contribution is -2.36. The van der Waals surface area contributed by atoms with Gasteiger partial charge in [-0.15, -0.1) is 0 Å². The predicted octanol–water partition coefficient (Wildman–Crippen LogP) is 3.32. The first-order valence-electron chi connectivity index (χ1n) is 12.9. The fourth-order valence-corrected chi connectivity index (χ4v) is 5.25. The standard InChI is InChI=1S/C25H43N3O4/c1-20-16-24(30)28(25(20)31)17-21-9-11-22(12-10-21)18-32-19-26-13-5-2-4-8-23(29)27-14-6-3-7-15-27/h20-22,26H,2-19H2,1H3. The fraction of sp³-hybridized carbons (Fsp3) is 0.880. The van der Waals surface area contributed by atoms with Crippen LogP contribution in [-0.4, -0.2) is 67.0 Å². The smallest absolute Gasteiger partial charge is 0.232 e. The number of amides is 3. The number of unbranched alkanes of at least 4 members (excludes halogenated alkanes) is 2. The molecule has 0 spiro atoms. The summed E-state index contributed by atoms with van der Waals surface area (Å²) in [5.41, 5.74) is 0. The Morgan fingerprint density at radius 1 is 1.00 bits per heavy atom. The molecule has 182 valence electrons. The molecule has 3 fully saturated rings. The Bertz CT molecular complexity index is 612. The molecule has 7 nitrogen and oxygen atoms in total. The maximum Gasteiger partial charge on any atom is 0.232 e. The van der Waals surface area contributed by atoms with Crippen molar-refractivity contribution in [2.24, 2.45) is 17.8 Å². The summed E-state index contributed by atoms with van der Waals surface area (Å²) in [6.45, 7) is 6.67. The van der Waals surface area contributed by atoms with Crippen LogP contribution in [0, 0.1) is 17.8 Å². The maximum absolute atomic E-state index is 12.1. The third-order valence-corrected chi connectivity index (χ3v) is 7.39. The summed E-state index contributed by atoms with van der Waals surface area (Å²) in [4.78, 5) is 39.7. The normalized spacial score (nSPS) is 26.7. The first-order chi connectivity index (χ1) is 15.5. The van der Waals surface area contributed by atoms with Crippen molar-refractivity contribution in [3.63, 3.8) is 0 Å². The van der Waals surface area contributed by atoms with Crippen molar-refractivity contribution in [2.45, 2.75) is 84.0 Å². The van der Waals surface area contributed by atoms with Crippen molar-refractivity contribution in [2.75, 3.05) is 39.5 Å². The summed E-state index contributed by atoms with van der Waals surface area (Å²) in [6.07, 6.45) is 12.2. The van der Waals surface area contributed by atoms with Crippen LogP contribution in [0.15, 0.2) is 0 Å². The molecule has 0 aromatic heterocycles. The minimum absolute atomic E-state index is 0.00706. The minimum Gasteiger partial charge on any atom is -0.366 e. The number of ether oxygens (including phenoxy) is 1. The first-order valence-corrected chi connectivity index (χ1v) is 12.9. The van der Waals surface area contributed by atoms with Gasteiger partial charge in [-0.1, -0.05) is 13.3 Å². The molecule has 1 N–H and O–H groups in total. The average molecular weight is 450 g/mol. The summed E-state index contributed by atoms with van der Waals surface area (Å²) in [6, 6.07) is 0. The molecule has 1 atom stereocenters. The second-order valence-corrected chi connectivity index (χ2v) is 10.1. The molecule has 3 rings (SSSR count). The van der Waals surface area contributed by atoms with E-state index in [4.69, 9.17) is 4.74 Å². The van der Waals surface area contributed by atoms with Gasteiger partial charge in [0.2, 0.25) is 17.7 Å². The Balaban J connectivity index is 1.13. The van der Waals surface area contributed by atoms with Crippen molar-refractivity contribution in [3.05, 3.63) is 0 Å². The van der Waals surface area contributed by atoms with Crippen LogP contribution < -0.4 is 5.32 Å². The van der Waals surface area contributed by atoms with Crippen molar-refractivity contribution < 1.29 is 19.1 Å². The molecule has 3 aliphatic rings. The number of piperidine rings is 1. The van der Waals surface area contributed by atoms with Gasteiger partial charge in [0.1, 0.15) is 0 Å². The molecule has 7 heteroatoms. The van der Waals surface area contributed by atoms with E-state index < -0.39 is 0 Å². The lowest BCUT2D eigenvalue weighted by atomic mass is 9.82. The van der Waals surface area contributed by atoms with E-state index in [0.717, 1.165) is 84.0 Å². The summed E-state index contributed by atoms with van der Waals surface area (Å²) < 4.78 is 5.82. The largest absolute Gasteiger partial charge is 0.366 e. The highest BCUT2D eigenvalue weighted by atomic mass is 16.5. The van der Waals surface area contributed by atoms with Crippen LogP contribution in [0.4, 0.5) is 0 Å². The Morgan fingerprint density at radius 3 is 2.41 bits per heavy atom. The number of carbonyl (C=O) groups is 3. The Labute approximate surface area is 193 Å². The monoisotopic (exact) mass is 449 g/mol. The van der Waals surface area contributed by atoms with Gasteiger partial charge in [-0.3, -0.25) is 24.6 Å². The Hall–Kier alpha value is -1.47. The molecular weight excluding hydrogens is 406 g/mol. The predicted molar refractivity (Wildman–Crippen MR) is 124 cm³/mol. The third kappa shape index (κ3) is 7.84. The highest BCUT2D eigenvalue weighted by molar-refractivity contribution is 6.03. The molecule has 32 heavy (non-hydrogen) atoms. The van der Waals surface area contributed by atoms with E-state index in [1.54, 1.807) is 0 Å². The molecule has 1 aliphatic carbocycles.